The van der Waals surface area contributed by atoms with Gasteiger partial charge in [-0.05, 0) is 38.1 Å². The average Bonchev–Trinajstić information content (AvgIpc) is 3.16. The Morgan fingerprint density at radius 3 is 2.69 bits per heavy atom. The summed E-state index contributed by atoms with van der Waals surface area (Å²) >= 11 is 1.49. The fraction of sp³-hybridized carbons (Fsp3) is 0.238. The number of nitrogens with one attached hydrogen (secondary N) is 1. The van der Waals surface area contributed by atoms with Gasteiger partial charge in [0.25, 0.3) is 5.56 Å². The number of H-pyrrole nitrogens is 1. The number of benzene rings is 2. The van der Waals surface area contributed by atoms with Crippen molar-refractivity contribution >= 4 is 22.7 Å². The van der Waals surface area contributed by atoms with E-state index in [1.165, 1.54) is 11.8 Å². The van der Waals surface area contributed by atoms with Gasteiger partial charge < -0.3 is 14.3 Å². The molecule has 0 saturated heterocycles. The van der Waals surface area contributed by atoms with E-state index in [0.29, 0.717) is 35.6 Å². The number of ether oxygens (including phenoxy) is 1. The zero-order valence-corrected chi connectivity index (χ0v) is 17.1. The molecule has 2 aromatic carbocycles. The third-order valence-electron chi connectivity index (χ3n) is 4.46. The number of fused-ring (bicyclic) bond motifs is 1. The van der Waals surface area contributed by atoms with E-state index in [2.05, 4.69) is 27.1 Å². The lowest BCUT2D eigenvalue weighted by Crippen LogP contribution is -2.11. The Bertz CT molecular complexity index is 1200. The minimum Gasteiger partial charge on any atom is -0.493 e. The molecule has 4 rings (SSSR count). The molecule has 148 valence electrons. The van der Waals surface area contributed by atoms with Crippen LogP contribution < -0.4 is 10.3 Å². The molecule has 4 aromatic rings. The molecule has 29 heavy (non-hydrogen) atoms. The van der Waals surface area contributed by atoms with Crippen LogP contribution in [0.1, 0.15) is 19.7 Å². The van der Waals surface area contributed by atoms with E-state index >= 15 is 0 Å². The third kappa shape index (κ3) is 3.88. The minimum atomic E-state index is -0.130. The molecule has 8 heteroatoms. The van der Waals surface area contributed by atoms with Crippen LogP contribution in [0.25, 0.3) is 22.3 Å². The van der Waals surface area contributed by atoms with E-state index in [9.17, 15) is 4.79 Å². The van der Waals surface area contributed by atoms with Crippen LogP contribution in [0.5, 0.6) is 5.75 Å². The van der Waals surface area contributed by atoms with E-state index in [1.807, 2.05) is 54.0 Å². The van der Waals surface area contributed by atoms with Gasteiger partial charge in [-0.3, -0.25) is 4.79 Å². The highest BCUT2D eigenvalue weighted by atomic mass is 32.2. The molecule has 0 radical (unpaired) electrons. The Morgan fingerprint density at radius 2 is 1.86 bits per heavy atom. The van der Waals surface area contributed by atoms with E-state index in [4.69, 9.17) is 4.74 Å². The molecule has 0 spiro atoms. The molecule has 2 heterocycles. The standard InChI is InChI=1S/C21H21N5O2S/c1-3-26-19(15-10-6-8-12-17(15)28-4-2)24-25-21(26)29-13-18-22-16-11-7-5-9-14(16)20(27)23-18/h5-12H,3-4,13H2,1-2H3,(H,22,23,27). The van der Waals surface area contributed by atoms with E-state index < -0.39 is 0 Å². The van der Waals surface area contributed by atoms with Crippen LogP contribution in [0, 0.1) is 0 Å². The van der Waals surface area contributed by atoms with Crippen molar-refractivity contribution in [2.24, 2.45) is 0 Å². The minimum absolute atomic E-state index is 0.130. The Morgan fingerprint density at radius 1 is 1.07 bits per heavy atom. The molecule has 0 saturated carbocycles. The van der Waals surface area contributed by atoms with E-state index in [-0.39, 0.29) is 5.56 Å². The second-order valence-corrected chi connectivity index (χ2v) is 7.24. The zero-order chi connectivity index (χ0) is 20.2. The van der Waals surface area contributed by atoms with Gasteiger partial charge in [-0.1, -0.05) is 36.0 Å². The highest BCUT2D eigenvalue weighted by Gasteiger charge is 2.17. The normalized spacial score (nSPS) is 11.1. The Hall–Kier alpha value is -3.13. The molecule has 0 amide bonds. The van der Waals surface area contributed by atoms with Gasteiger partial charge in [-0.25, -0.2) is 4.98 Å². The zero-order valence-electron chi connectivity index (χ0n) is 16.3. The Kier molecular flexibility index (Phi) is 5.62. The first kappa shape index (κ1) is 19.2. The van der Waals surface area contributed by atoms with Gasteiger partial charge in [0.2, 0.25) is 0 Å². The third-order valence-corrected chi connectivity index (χ3v) is 5.44. The number of hydrogen-bond acceptors (Lipinski definition) is 6. The van der Waals surface area contributed by atoms with Crippen LogP contribution in [-0.2, 0) is 12.3 Å². The van der Waals surface area contributed by atoms with Gasteiger partial charge in [-0.15, -0.1) is 10.2 Å². The molecule has 0 bridgehead atoms. The second-order valence-electron chi connectivity index (χ2n) is 6.30. The predicted octanol–water partition coefficient (Wildman–Crippen LogP) is 3.89. The number of para-hydroxylation sites is 2. The van der Waals surface area contributed by atoms with E-state index in [1.54, 1.807) is 6.07 Å². The summed E-state index contributed by atoms with van der Waals surface area (Å²) in [4.78, 5) is 19.7. The lowest BCUT2D eigenvalue weighted by atomic mass is 10.2. The number of hydrogen-bond donors (Lipinski definition) is 1. The number of rotatable bonds is 7. The predicted molar refractivity (Wildman–Crippen MR) is 114 cm³/mol. The first-order valence-corrected chi connectivity index (χ1v) is 10.5. The number of aromatic amines is 1. The lowest BCUT2D eigenvalue weighted by Gasteiger charge is -2.11. The molecule has 0 unspecified atom stereocenters. The number of aromatic nitrogens is 5. The van der Waals surface area contributed by atoms with Crippen molar-refractivity contribution in [2.75, 3.05) is 6.61 Å². The fourth-order valence-electron chi connectivity index (χ4n) is 3.15. The van der Waals surface area contributed by atoms with Gasteiger partial charge >= 0.3 is 0 Å². The van der Waals surface area contributed by atoms with Gasteiger partial charge in [0, 0.05) is 6.54 Å². The van der Waals surface area contributed by atoms with E-state index in [0.717, 1.165) is 22.3 Å². The van der Waals surface area contributed by atoms with Crippen LogP contribution in [-0.4, -0.2) is 31.3 Å². The van der Waals surface area contributed by atoms with Crippen molar-refractivity contribution in [3.05, 3.63) is 64.7 Å². The Balaban J connectivity index is 1.62. The monoisotopic (exact) mass is 407 g/mol. The van der Waals surface area contributed by atoms with Gasteiger partial charge in [0.1, 0.15) is 11.6 Å². The summed E-state index contributed by atoms with van der Waals surface area (Å²) < 4.78 is 7.79. The molecule has 1 N–H and O–H groups in total. The molecular weight excluding hydrogens is 386 g/mol. The summed E-state index contributed by atoms with van der Waals surface area (Å²) in [5.41, 5.74) is 1.47. The summed E-state index contributed by atoms with van der Waals surface area (Å²) in [7, 11) is 0. The first-order valence-electron chi connectivity index (χ1n) is 9.47. The van der Waals surface area contributed by atoms with Crippen molar-refractivity contribution < 1.29 is 4.74 Å². The van der Waals surface area contributed by atoms with Crippen LogP contribution in [0.3, 0.4) is 0 Å². The average molecular weight is 407 g/mol. The maximum absolute atomic E-state index is 12.3. The maximum atomic E-state index is 12.3. The molecule has 0 aliphatic carbocycles. The molecule has 0 aliphatic heterocycles. The highest BCUT2D eigenvalue weighted by molar-refractivity contribution is 7.98. The Labute approximate surface area is 172 Å². The van der Waals surface area contributed by atoms with Gasteiger partial charge in [0.05, 0.1) is 28.8 Å². The summed E-state index contributed by atoms with van der Waals surface area (Å²) in [6.45, 7) is 5.31. The summed E-state index contributed by atoms with van der Waals surface area (Å²) in [5, 5.41) is 10.1. The smallest absolute Gasteiger partial charge is 0.258 e. The number of nitrogens with zero attached hydrogens (tertiary/aromatic N) is 4. The first-order chi connectivity index (χ1) is 14.2. The van der Waals surface area contributed by atoms with Crippen molar-refractivity contribution in [1.29, 1.82) is 0 Å². The van der Waals surface area contributed by atoms with Gasteiger partial charge in [0.15, 0.2) is 11.0 Å². The second kappa shape index (κ2) is 8.48. The SMILES string of the molecule is CCOc1ccccc1-c1nnc(SCc2nc3ccccc3c(=O)[nH]2)n1CC. The molecule has 0 atom stereocenters. The topological polar surface area (TPSA) is 85.7 Å². The number of thioether (sulfide) groups is 1. The summed E-state index contributed by atoms with van der Waals surface area (Å²) in [6.07, 6.45) is 0. The van der Waals surface area contributed by atoms with Crippen molar-refractivity contribution in [2.45, 2.75) is 31.3 Å². The fourth-order valence-corrected chi connectivity index (χ4v) is 4.02. The molecule has 0 fully saturated rings. The highest BCUT2D eigenvalue weighted by Crippen LogP contribution is 2.31. The van der Waals surface area contributed by atoms with Crippen molar-refractivity contribution in [3.63, 3.8) is 0 Å². The van der Waals surface area contributed by atoms with Crippen LogP contribution in [0.15, 0.2) is 58.5 Å². The van der Waals surface area contributed by atoms with Crippen LogP contribution in [0.2, 0.25) is 0 Å². The maximum Gasteiger partial charge on any atom is 0.258 e. The van der Waals surface area contributed by atoms with Gasteiger partial charge in [-0.2, -0.15) is 0 Å². The summed E-state index contributed by atoms with van der Waals surface area (Å²) in [6, 6.07) is 15.1. The summed E-state index contributed by atoms with van der Waals surface area (Å²) in [5.74, 6) is 2.65. The molecule has 2 aromatic heterocycles. The molecule has 0 aliphatic rings. The van der Waals surface area contributed by atoms with Crippen molar-refractivity contribution in [1.82, 2.24) is 24.7 Å². The molecular formula is C21H21N5O2S. The largest absolute Gasteiger partial charge is 0.493 e. The lowest BCUT2D eigenvalue weighted by molar-refractivity contribution is 0.341. The van der Waals surface area contributed by atoms with Crippen LogP contribution >= 0.6 is 11.8 Å². The van der Waals surface area contributed by atoms with Crippen LogP contribution in [0.4, 0.5) is 0 Å². The van der Waals surface area contributed by atoms with Crippen molar-refractivity contribution in [3.8, 4) is 17.1 Å². The quantitative estimate of drug-likeness (QED) is 0.468. The molecule has 7 nitrogen and oxygen atoms in total.